The molecule has 0 saturated heterocycles. The average Bonchev–Trinajstić information content (AvgIpc) is 2.44. The molecule has 4 heteroatoms. The lowest BCUT2D eigenvalue weighted by atomic mass is 10.1. The van der Waals surface area contributed by atoms with Gasteiger partial charge in [-0.15, -0.1) is 0 Å². The Morgan fingerprint density at radius 2 is 1.35 bits per heavy atom. The molecule has 0 fully saturated rings. The van der Waals surface area contributed by atoms with Gasteiger partial charge >= 0.3 is 11.9 Å². The summed E-state index contributed by atoms with van der Waals surface area (Å²) in [7, 11) is 0. The first kappa shape index (κ1) is 16.5. The summed E-state index contributed by atoms with van der Waals surface area (Å²) in [5.41, 5.74) is 2.91. The van der Waals surface area contributed by atoms with Crippen LogP contribution in [0.25, 0.3) is 12.2 Å². The minimum atomic E-state index is -0.342. The van der Waals surface area contributed by atoms with Crippen LogP contribution < -0.4 is 9.47 Å². The van der Waals surface area contributed by atoms with Crippen molar-refractivity contribution in [3.05, 3.63) is 59.2 Å². The largest absolute Gasteiger partial charge is 0.427 e. The summed E-state index contributed by atoms with van der Waals surface area (Å²) >= 11 is 0. The summed E-state index contributed by atoms with van der Waals surface area (Å²) in [4.78, 5) is 21.9. The normalized spacial score (nSPS) is 10.6. The molecule has 0 aliphatic heterocycles. The third-order valence-electron chi connectivity index (χ3n) is 2.94. The van der Waals surface area contributed by atoms with Crippen LogP contribution in [0.2, 0.25) is 0 Å². The third-order valence-corrected chi connectivity index (χ3v) is 2.94. The first-order chi connectivity index (χ1) is 10.9. The van der Waals surface area contributed by atoms with E-state index in [9.17, 15) is 9.59 Å². The van der Waals surface area contributed by atoms with E-state index in [1.807, 2.05) is 43.3 Å². The van der Waals surface area contributed by atoms with Gasteiger partial charge in [0.1, 0.15) is 11.5 Å². The first-order valence-corrected chi connectivity index (χ1v) is 7.19. The van der Waals surface area contributed by atoms with E-state index in [1.54, 1.807) is 18.2 Å². The molecule has 0 unspecified atom stereocenters. The number of rotatable bonds is 4. The zero-order valence-electron chi connectivity index (χ0n) is 13.3. The highest BCUT2D eigenvalue weighted by molar-refractivity contribution is 5.73. The predicted molar refractivity (Wildman–Crippen MR) is 89.2 cm³/mol. The van der Waals surface area contributed by atoms with Gasteiger partial charge in [0.15, 0.2) is 0 Å². The number of carbonyl (C=O) groups excluding carboxylic acids is 2. The molecule has 0 aromatic heterocycles. The Hall–Kier alpha value is -2.88. The van der Waals surface area contributed by atoms with E-state index in [2.05, 4.69) is 0 Å². The van der Waals surface area contributed by atoms with E-state index in [-0.39, 0.29) is 11.9 Å². The lowest BCUT2D eigenvalue weighted by Gasteiger charge is -2.04. The highest BCUT2D eigenvalue weighted by atomic mass is 16.5. The van der Waals surface area contributed by atoms with Crippen LogP contribution in [0.4, 0.5) is 0 Å². The molecule has 0 atom stereocenters. The van der Waals surface area contributed by atoms with Crippen LogP contribution in [-0.2, 0) is 9.59 Å². The Morgan fingerprint density at radius 3 is 1.96 bits per heavy atom. The van der Waals surface area contributed by atoms with Crippen molar-refractivity contribution < 1.29 is 19.1 Å². The SMILES string of the molecule is CC(=O)Oc1ccc(/C=C/c2cc(C)cc(OC(C)=O)c2)cc1. The van der Waals surface area contributed by atoms with Crippen molar-refractivity contribution in [3.8, 4) is 11.5 Å². The number of hydrogen-bond acceptors (Lipinski definition) is 4. The van der Waals surface area contributed by atoms with Crippen molar-refractivity contribution in [2.45, 2.75) is 20.8 Å². The van der Waals surface area contributed by atoms with E-state index < -0.39 is 0 Å². The molecular weight excluding hydrogens is 292 g/mol. The lowest BCUT2D eigenvalue weighted by molar-refractivity contribution is -0.132. The summed E-state index contributed by atoms with van der Waals surface area (Å²) in [6.07, 6.45) is 3.87. The summed E-state index contributed by atoms with van der Waals surface area (Å²) in [5, 5.41) is 0. The highest BCUT2D eigenvalue weighted by Gasteiger charge is 2.01. The Kier molecular flexibility index (Phi) is 5.31. The number of ether oxygens (including phenoxy) is 2. The molecule has 0 saturated carbocycles. The van der Waals surface area contributed by atoms with Gasteiger partial charge in [-0.25, -0.2) is 0 Å². The number of aryl methyl sites for hydroxylation is 1. The number of esters is 2. The zero-order valence-corrected chi connectivity index (χ0v) is 13.3. The van der Waals surface area contributed by atoms with Crippen LogP contribution >= 0.6 is 0 Å². The summed E-state index contributed by atoms with van der Waals surface area (Å²) in [6, 6.07) is 12.8. The fourth-order valence-corrected chi connectivity index (χ4v) is 2.10. The maximum absolute atomic E-state index is 11.0. The zero-order chi connectivity index (χ0) is 16.8. The number of carbonyl (C=O) groups is 2. The van der Waals surface area contributed by atoms with Gasteiger partial charge in [-0.2, -0.15) is 0 Å². The molecule has 0 radical (unpaired) electrons. The van der Waals surface area contributed by atoms with E-state index in [4.69, 9.17) is 9.47 Å². The lowest BCUT2D eigenvalue weighted by Crippen LogP contribution is -2.01. The fraction of sp³-hybridized carbons (Fsp3) is 0.158. The van der Waals surface area contributed by atoms with Crippen LogP contribution in [0.1, 0.15) is 30.5 Å². The molecule has 4 nitrogen and oxygen atoms in total. The standard InChI is InChI=1S/C19H18O4/c1-13-10-17(12-19(11-13)23-15(3)21)5-4-16-6-8-18(9-7-16)22-14(2)20/h4-12H,1-3H3/b5-4+. The maximum Gasteiger partial charge on any atom is 0.308 e. The number of hydrogen-bond donors (Lipinski definition) is 0. The molecule has 0 N–H and O–H groups in total. The molecular formula is C19H18O4. The Morgan fingerprint density at radius 1 is 0.783 bits per heavy atom. The molecule has 0 heterocycles. The van der Waals surface area contributed by atoms with Gasteiger partial charge < -0.3 is 9.47 Å². The van der Waals surface area contributed by atoms with Crippen LogP contribution in [-0.4, -0.2) is 11.9 Å². The van der Waals surface area contributed by atoms with Crippen molar-refractivity contribution in [1.82, 2.24) is 0 Å². The fourth-order valence-electron chi connectivity index (χ4n) is 2.10. The maximum atomic E-state index is 11.0. The second-order valence-electron chi connectivity index (χ2n) is 5.17. The molecule has 0 aliphatic carbocycles. The van der Waals surface area contributed by atoms with Gasteiger partial charge in [0.05, 0.1) is 0 Å². The van der Waals surface area contributed by atoms with E-state index >= 15 is 0 Å². The van der Waals surface area contributed by atoms with Crippen LogP contribution in [0.3, 0.4) is 0 Å². The van der Waals surface area contributed by atoms with Crippen molar-refractivity contribution in [2.24, 2.45) is 0 Å². The van der Waals surface area contributed by atoms with Crippen molar-refractivity contribution in [1.29, 1.82) is 0 Å². The molecule has 2 aromatic rings. The van der Waals surface area contributed by atoms with E-state index in [0.717, 1.165) is 16.7 Å². The smallest absolute Gasteiger partial charge is 0.308 e. The Labute approximate surface area is 135 Å². The second-order valence-corrected chi connectivity index (χ2v) is 5.17. The predicted octanol–water partition coefficient (Wildman–Crippen LogP) is 4.02. The van der Waals surface area contributed by atoms with Crippen molar-refractivity contribution >= 4 is 24.1 Å². The quantitative estimate of drug-likeness (QED) is 0.486. The third kappa shape index (κ3) is 5.43. The summed E-state index contributed by atoms with van der Waals surface area (Å²) in [6.45, 7) is 4.69. The van der Waals surface area contributed by atoms with Crippen molar-refractivity contribution in [2.75, 3.05) is 0 Å². The van der Waals surface area contributed by atoms with Crippen LogP contribution in [0, 0.1) is 6.92 Å². The van der Waals surface area contributed by atoms with Gasteiger partial charge in [-0.05, 0) is 47.9 Å². The molecule has 0 amide bonds. The molecule has 118 valence electrons. The average molecular weight is 310 g/mol. The van der Waals surface area contributed by atoms with Gasteiger partial charge in [0, 0.05) is 13.8 Å². The summed E-state index contributed by atoms with van der Waals surface area (Å²) in [5.74, 6) is 0.363. The topological polar surface area (TPSA) is 52.6 Å². The molecule has 2 rings (SSSR count). The monoisotopic (exact) mass is 310 g/mol. The van der Waals surface area contributed by atoms with E-state index in [0.29, 0.717) is 11.5 Å². The van der Waals surface area contributed by atoms with Crippen LogP contribution in [0.15, 0.2) is 42.5 Å². The summed E-state index contributed by atoms with van der Waals surface area (Å²) < 4.78 is 10.1. The highest BCUT2D eigenvalue weighted by Crippen LogP contribution is 2.20. The van der Waals surface area contributed by atoms with E-state index in [1.165, 1.54) is 13.8 Å². The molecule has 0 spiro atoms. The van der Waals surface area contributed by atoms with Crippen molar-refractivity contribution in [3.63, 3.8) is 0 Å². The molecule has 0 bridgehead atoms. The molecule has 23 heavy (non-hydrogen) atoms. The second kappa shape index (κ2) is 7.40. The number of benzene rings is 2. The van der Waals surface area contributed by atoms with Crippen LogP contribution in [0.5, 0.6) is 11.5 Å². The van der Waals surface area contributed by atoms with Gasteiger partial charge in [0.2, 0.25) is 0 Å². The molecule has 0 aliphatic rings. The van der Waals surface area contributed by atoms with Gasteiger partial charge in [-0.3, -0.25) is 9.59 Å². The minimum Gasteiger partial charge on any atom is -0.427 e. The van der Waals surface area contributed by atoms with Gasteiger partial charge in [0.25, 0.3) is 0 Å². The van der Waals surface area contributed by atoms with Gasteiger partial charge in [-0.1, -0.05) is 30.4 Å². The first-order valence-electron chi connectivity index (χ1n) is 7.19. The Bertz CT molecular complexity index is 742. The minimum absolute atomic E-state index is 0.341. The Balaban J connectivity index is 2.14. The molecule has 2 aromatic carbocycles.